The van der Waals surface area contributed by atoms with Crippen LogP contribution in [0.3, 0.4) is 0 Å². The van der Waals surface area contributed by atoms with Crippen LogP contribution in [0.2, 0.25) is 0 Å². The van der Waals surface area contributed by atoms with Crippen molar-refractivity contribution in [2.24, 2.45) is 5.14 Å². The molecule has 0 aliphatic rings. The van der Waals surface area contributed by atoms with Gasteiger partial charge in [0.15, 0.2) is 0 Å². The van der Waals surface area contributed by atoms with Gasteiger partial charge >= 0.3 is 0 Å². The van der Waals surface area contributed by atoms with E-state index in [2.05, 4.69) is 5.32 Å². The second-order valence-electron chi connectivity index (χ2n) is 4.15. The zero-order valence-corrected chi connectivity index (χ0v) is 12.2. The van der Waals surface area contributed by atoms with E-state index in [0.29, 0.717) is 11.5 Å². The van der Waals surface area contributed by atoms with E-state index in [-0.39, 0.29) is 18.3 Å². The van der Waals surface area contributed by atoms with Crippen LogP contribution in [0.4, 0.5) is 0 Å². The zero-order chi connectivity index (χ0) is 14.5. The molecule has 3 N–H and O–H groups in total. The third-order valence-corrected chi connectivity index (χ3v) is 3.52. The molecule has 19 heavy (non-hydrogen) atoms. The van der Waals surface area contributed by atoms with Gasteiger partial charge in [-0.15, -0.1) is 0 Å². The molecule has 1 unspecified atom stereocenters. The van der Waals surface area contributed by atoms with Gasteiger partial charge in [-0.2, -0.15) is 0 Å². The Bertz CT molecular complexity index is 516. The second-order valence-corrected chi connectivity index (χ2v) is 5.88. The van der Waals surface area contributed by atoms with Crippen molar-refractivity contribution in [3.05, 3.63) is 23.8 Å². The Hall–Kier alpha value is -1.31. The Morgan fingerprint density at radius 2 is 2.00 bits per heavy atom. The van der Waals surface area contributed by atoms with E-state index in [1.54, 1.807) is 20.3 Å². The van der Waals surface area contributed by atoms with Gasteiger partial charge in [-0.05, 0) is 13.0 Å². The number of hydrogen-bond donors (Lipinski definition) is 2. The van der Waals surface area contributed by atoms with Gasteiger partial charge in [0.2, 0.25) is 10.0 Å². The summed E-state index contributed by atoms with van der Waals surface area (Å²) in [5, 5.41) is 8.03. The maximum atomic E-state index is 10.9. The molecule has 0 radical (unpaired) electrons. The van der Waals surface area contributed by atoms with Gasteiger partial charge in [0.25, 0.3) is 0 Å². The fraction of sp³-hybridized carbons (Fsp3) is 0.500. The molecule has 0 bridgehead atoms. The molecule has 0 fully saturated rings. The van der Waals surface area contributed by atoms with Gasteiger partial charge in [-0.1, -0.05) is 6.07 Å². The highest BCUT2D eigenvalue weighted by Crippen LogP contribution is 2.29. The highest BCUT2D eigenvalue weighted by Gasteiger charge is 2.13. The Labute approximate surface area is 113 Å². The summed E-state index contributed by atoms with van der Waals surface area (Å²) in [6, 6.07) is 5.44. The average molecular weight is 288 g/mol. The molecule has 0 aliphatic heterocycles. The molecule has 0 aromatic heterocycles. The van der Waals surface area contributed by atoms with Crippen molar-refractivity contribution < 1.29 is 17.9 Å². The van der Waals surface area contributed by atoms with Gasteiger partial charge in [-0.25, -0.2) is 13.6 Å². The highest BCUT2D eigenvalue weighted by atomic mass is 32.2. The van der Waals surface area contributed by atoms with E-state index in [1.165, 1.54) is 0 Å². The first-order chi connectivity index (χ1) is 8.87. The Morgan fingerprint density at radius 3 is 2.53 bits per heavy atom. The summed E-state index contributed by atoms with van der Waals surface area (Å²) in [4.78, 5) is 0. The first kappa shape index (κ1) is 15.7. The van der Waals surface area contributed by atoms with Crippen LogP contribution >= 0.6 is 0 Å². The lowest BCUT2D eigenvalue weighted by Crippen LogP contribution is -2.29. The molecule has 0 amide bonds. The minimum absolute atomic E-state index is 0.0531. The maximum Gasteiger partial charge on any atom is 0.210 e. The molecule has 1 aromatic carbocycles. The first-order valence-electron chi connectivity index (χ1n) is 5.83. The minimum Gasteiger partial charge on any atom is -0.497 e. The molecule has 0 aliphatic carbocycles. The lowest BCUT2D eigenvalue weighted by molar-refractivity contribution is 0.386. The number of ether oxygens (including phenoxy) is 2. The molecule has 108 valence electrons. The summed E-state index contributed by atoms with van der Waals surface area (Å²) in [5.41, 5.74) is 0.928. The van der Waals surface area contributed by atoms with Crippen LogP contribution in [0.25, 0.3) is 0 Å². The molecule has 0 saturated carbocycles. The Morgan fingerprint density at radius 1 is 1.32 bits per heavy atom. The number of rotatable bonds is 7. The molecular formula is C12H20N2O4S. The monoisotopic (exact) mass is 288 g/mol. The molecule has 1 atom stereocenters. The molecule has 0 heterocycles. The standard InChI is InChI=1S/C12H20N2O4S/c1-9(14-6-7-19(13,15)16)11-5-4-10(17-2)8-12(11)18-3/h4-5,8-9,14H,6-7H2,1-3H3,(H2,13,15,16). The van der Waals surface area contributed by atoms with E-state index >= 15 is 0 Å². The van der Waals surface area contributed by atoms with Crippen LogP contribution in [0, 0.1) is 0 Å². The lowest BCUT2D eigenvalue weighted by atomic mass is 10.1. The van der Waals surface area contributed by atoms with Gasteiger partial charge in [0, 0.05) is 24.2 Å². The van der Waals surface area contributed by atoms with Crippen LogP contribution in [0.1, 0.15) is 18.5 Å². The van der Waals surface area contributed by atoms with Gasteiger partial charge < -0.3 is 14.8 Å². The largest absolute Gasteiger partial charge is 0.497 e. The SMILES string of the molecule is COc1ccc(C(C)NCCS(N)(=O)=O)c(OC)c1. The molecule has 0 saturated heterocycles. The van der Waals surface area contributed by atoms with Crippen molar-refractivity contribution >= 4 is 10.0 Å². The topological polar surface area (TPSA) is 90.6 Å². The maximum absolute atomic E-state index is 10.9. The normalized spacial score (nSPS) is 13.1. The average Bonchev–Trinajstić information content (AvgIpc) is 2.36. The van der Waals surface area contributed by atoms with Crippen LogP contribution in [0.15, 0.2) is 18.2 Å². The van der Waals surface area contributed by atoms with Crippen molar-refractivity contribution in [2.45, 2.75) is 13.0 Å². The fourth-order valence-corrected chi connectivity index (χ4v) is 2.11. The summed E-state index contributed by atoms with van der Waals surface area (Å²) < 4.78 is 32.1. The number of nitrogens with two attached hydrogens (primary N) is 1. The molecule has 0 spiro atoms. The predicted octanol–water partition coefficient (Wildman–Crippen LogP) is 0.643. The van der Waals surface area contributed by atoms with Gasteiger partial charge in [0.05, 0.1) is 20.0 Å². The van der Waals surface area contributed by atoms with E-state index in [1.807, 2.05) is 19.1 Å². The summed E-state index contributed by atoms with van der Waals surface area (Å²) in [5.74, 6) is 1.29. The smallest absolute Gasteiger partial charge is 0.210 e. The third kappa shape index (κ3) is 5.06. The van der Waals surface area contributed by atoms with Gasteiger partial charge in [0.1, 0.15) is 11.5 Å². The zero-order valence-electron chi connectivity index (χ0n) is 11.3. The fourth-order valence-electron chi connectivity index (χ4n) is 1.70. The van der Waals surface area contributed by atoms with Crippen LogP contribution in [-0.4, -0.2) is 34.9 Å². The summed E-state index contributed by atoms with van der Waals surface area (Å²) in [7, 11) is -0.278. The van der Waals surface area contributed by atoms with Crippen LogP contribution in [0.5, 0.6) is 11.5 Å². The van der Waals surface area contributed by atoms with Crippen molar-refractivity contribution in [2.75, 3.05) is 26.5 Å². The second kappa shape index (κ2) is 6.74. The molecular weight excluding hydrogens is 268 g/mol. The van der Waals surface area contributed by atoms with E-state index in [0.717, 1.165) is 5.56 Å². The quantitative estimate of drug-likeness (QED) is 0.768. The Kier molecular flexibility index (Phi) is 5.59. The number of hydrogen-bond acceptors (Lipinski definition) is 5. The highest BCUT2D eigenvalue weighted by molar-refractivity contribution is 7.89. The predicted molar refractivity (Wildman–Crippen MR) is 73.9 cm³/mol. The molecule has 7 heteroatoms. The van der Waals surface area contributed by atoms with Gasteiger partial charge in [-0.3, -0.25) is 0 Å². The van der Waals surface area contributed by atoms with Crippen LogP contribution in [-0.2, 0) is 10.0 Å². The summed E-state index contributed by atoms with van der Waals surface area (Å²) in [6.07, 6.45) is 0. The van der Waals surface area contributed by atoms with Crippen molar-refractivity contribution in [1.82, 2.24) is 5.32 Å². The molecule has 1 aromatic rings. The molecule has 1 rings (SSSR count). The summed E-state index contributed by atoms with van der Waals surface area (Å²) in [6.45, 7) is 2.21. The number of benzene rings is 1. The van der Waals surface area contributed by atoms with Crippen molar-refractivity contribution in [3.63, 3.8) is 0 Å². The van der Waals surface area contributed by atoms with Crippen LogP contribution < -0.4 is 19.9 Å². The number of methoxy groups -OCH3 is 2. The minimum atomic E-state index is -3.44. The van der Waals surface area contributed by atoms with E-state index < -0.39 is 10.0 Å². The third-order valence-electron chi connectivity index (χ3n) is 2.74. The van der Waals surface area contributed by atoms with Crippen molar-refractivity contribution in [3.8, 4) is 11.5 Å². The first-order valence-corrected chi connectivity index (χ1v) is 7.54. The number of sulfonamides is 1. The summed E-state index contributed by atoms with van der Waals surface area (Å²) >= 11 is 0. The lowest BCUT2D eigenvalue weighted by Gasteiger charge is -2.17. The van der Waals surface area contributed by atoms with E-state index in [4.69, 9.17) is 14.6 Å². The van der Waals surface area contributed by atoms with E-state index in [9.17, 15) is 8.42 Å². The number of primary sulfonamides is 1. The van der Waals surface area contributed by atoms with Crippen molar-refractivity contribution in [1.29, 1.82) is 0 Å². The Balaban J connectivity index is 2.73. The number of nitrogens with one attached hydrogen (secondary N) is 1. The molecule has 6 nitrogen and oxygen atoms in total.